The summed E-state index contributed by atoms with van der Waals surface area (Å²) < 4.78 is 4.70. The summed E-state index contributed by atoms with van der Waals surface area (Å²) in [6.45, 7) is 0. The standard InChI is InChI=1S/C74H48N8/c1-7-21-63-49(15-1)33-47-71(75-63)79(55-39-43-57(44-40-55)81-67-25-11-3-17-59(67)60-18-4-12-26-68(60)81)53-35-29-51(30-36-53)73-74(78-66-24-10-9-23-65(66)77-73)52-31-37-54(38-32-52)80(72-48-34-50-16-2-8-22-64(50)76-72)56-41-45-58(46-42-56)82-69-27-13-5-19-61(69)62-20-6-14-28-70(62)82/h1-48H. The van der Waals surface area contributed by atoms with Crippen LogP contribution in [0, 0.1) is 0 Å². The fraction of sp³-hybridized carbons (Fsp3) is 0. The highest BCUT2D eigenvalue weighted by atomic mass is 15.2. The lowest BCUT2D eigenvalue weighted by Gasteiger charge is -2.25. The molecule has 0 saturated carbocycles. The van der Waals surface area contributed by atoms with Crippen LogP contribution >= 0.6 is 0 Å². The Bertz CT molecular complexity index is 4670. The van der Waals surface area contributed by atoms with Crippen LogP contribution in [0.2, 0.25) is 0 Å². The van der Waals surface area contributed by atoms with Crippen LogP contribution in [-0.4, -0.2) is 29.1 Å². The summed E-state index contributed by atoms with van der Waals surface area (Å²) in [5, 5.41) is 7.10. The van der Waals surface area contributed by atoms with Gasteiger partial charge in [0.1, 0.15) is 11.6 Å². The first-order valence-corrected chi connectivity index (χ1v) is 27.6. The number of fused-ring (bicyclic) bond motifs is 9. The summed E-state index contributed by atoms with van der Waals surface area (Å²) in [6.07, 6.45) is 0. The third kappa shape index (κ3) is 7.92. The molecule has 0 aliphatic carbocycles. The molecular formula is C74H48N8. The molecule has 82 heavy (non-hydrogen) atoms. The summed E-state index contributed by atoms with van der Waals surface area (Å²) in [7, 11) is 0. The molecule has 0 aliphatic heterocycles. The van der Waals surface area contributed by atoms with Crippen molar-refractivity contribution in [2.45, 2.75) is 0 Å². The molecule has 0 spiro atoms. The normalized spacial score (nSPS) is 11.7. The second-order valence-corrected chi connectivity index (χ2v) is 20.7. The molecule has 5 heterocycles. The second-order valence-electron chi connectivity index (χ2n) is 20.7. The van der Waals surface area contributed by atoms with Crippen molar-refractivity contribution in [2.24, 2.45) is 0 Å². The van der Waals surface area contributed by atoms with E-state index in [0.717, 1.165) is 101 Å². The second kappa shape index (κ2) is 19.3. The van der Waals surface area contributed by atoms with Crippen LogP contribution in [0.5, 0.6) is 0 Å². The zero-order valence-electron chi connectivity index (χ0n) is 44.3. The average molecular weight is 1050 g/mol. The van der Waals surface area contributed by atoms with Gasteiger partial charge in [-0.15, -0.1) is 0 Å². The molecule has 0 fully saturated rings. The SMILES string of the molecule is c1ccc2nc(N(c3ccc(-c4nc5ccccc5nc4-c4ccc(N(c5ccc(-n6c7ccccc7c7ccccc76)cc5)c5ccc6ccccc6n5)cc4)cc3)c3ccc(-n4c5ccccc5c5ccccc54)cc3)ccc2c1. The molecule has 0 unspecified atom stereocenters. The van der Waals surface area contributed by atoms with Crippen LogP contribution in [0.4, 0.5) is 34.4 Å². The molecule has 5 aromatic heterocycles. The van der Waals surface area contributed by atoms with Gasteiger partial charge in [0.25, 0.3) is 0 Å². The topological polar surface area (TPSA) is 67.9 Å². The number of hydrogen-bond acceptors (Lipinski definition) is 6. The van der Waals surface area contributed by atoms with Crippen molar-refractivity contribution in [3.8, 4) is 33.9 Å². The molecule has 8 heteroatoms. The number of nitrogens with zero attached hydrogens (tertiary/aromatic N) is 8. The monoisotopic (exact) mass is 1050 g/mol. The molecule has 0 amide bonds. The van der Waals surface area contributed by atoms with Crippen molar-refractivity contribution in [3.63, 3.8) is 0 Å². The van der Waals surface area contributed by atoms with E-state index in [1.165, 1.54) is 43.6 Å². The van der Waals surface area contributed by atoms with Crippen LogP contribution < -0.4 is 9.80 Å². The van der Waals surface area contributed by atoms with Gasteiger partial charge in [-0.05, 0) is 146 Å². The smallest absolute Gasteiger partial charge is 0.138 e. The van der Waals surface area contributed by atoms with Crippen molar-refractivity contribution in [2.75, 3.05) is 9.80 Å². The Kier molecular flexibility index (Phi) is 11.0. The number of para-hydroxylation sites is 8. The lowest BCUT2D eigenvalue weighted by Crippen LogP contribution is -2.12. The third-order valence-electron chi connectivity index (χ3n) is 15.9. The largest absolute Gasteiger partial charge is 0.309 e. The maximum Gasteiger partial charge on any atom is 0.138 e. The summed E-state index contributed by atoms with van der Waals surface area (Å²) in [6, 6.07) is 103. The number of hydrogen-bond donors (Lipinski definition) is 0. The summed E-state index contributed by atoms with van der Waals surface area (Å²) in [5.41, 5.74) is 17.7. The lowest BCUT2D eigenvalue weighted by atomic mass is 10.0. The van der Waals surface area contributed by atoms with Crippen molar-refractivity contribution >= 4 is 111 Å². The van der Waals surface area contributed by atoms with Crippen LogP contribution in [0.3, 0.4) is 0 Å². The lowest BCUT2D eigenvalue weighted by molar-refractivity contribution is 1.16. The van der Waals surface area contributed by atoms with Crippen LogP contribution in [0.15, 0.2) is 291 Å². The van der Waals surface area contributed by atoms with Crippen molar-refractivity contribution in [1.29, 1.82) is 0 Å². The van der Waals surface area contributed by atoms with Crippen LogP contribution in [-0.2, 0) is 0 Å². The number of pyridine rings is 2. The van der Waals surface area contributed by atoms with Gasteiger partial charge in [-0.2, -0.15) is 0 Å². The molecule has 0 aliphatic rings. The van der Waals surface area contributed by atoms with E-state index in [0.29, 0.717) is 0 Å². The Morgan fingerprint density at radius 3 is 0.878 bits per heavy atom. The summed E-state index contributed by atoms with van der Waals surface area (Å²) >= 11 is 0. The average Bonchev–Trinajstić information content (AvgIpc) is 4.22. The van der Waals surface area contributed by atoms with E-state index < -0.39 is 0 Å². The van der Waals surface area contributed by atoms with Gasteiger partial charge in [-0.25, -0.2) is 19.9 Å². The van der Waals surface area contributed by atoms with E-state index >= 15 is 0 Å². The quantitative estimate of drug-likeness (QED) is 0.136. The highest BCUT2D eigenvalue weighted by Gasteiger charge is 2.21. The molecule has 11 aromatic carbocycles. The van der Waals surface area contributed by atoms with Gasteiger partial charge >= 0.3 is 0 Å². The number of aromatic nitrogens is 6. The molecule has 16 rings (SSSR count). The van der Waals surface area contributed by atoms with Gasteiger partial charge in [-0.1, -0.05) is 146 Å². The molecule has 16 aromatic rings. The third-order valence-corrected chi connectivity index (χ3v) is 15.9. The Labute approximate surface area is 472 Å². The number of anilines is 6. The first-order valence-electron chi connectivity index (χ1n) is 27.6. The fourth-order valence-corrected chi connectivity index (χ4v) is 12.0. The van der Waals surface area contributed by atoms with Gasteiger partial charge < -0.3 is 9.13 Å². The molecule has 0 N–H and O–H groups in total. The Balaban J connectivity index is 0.777. The summed E-state index contributed by atoms with van der Waals surface area (Å²) in [4.78, 5) is 25.7. The molecule has 384 valence electrons. The van der Waals surface area contributed by atoms with E-state index in [1.807, 2.05) is 36.4 Å². The zero-order chi connectivity index (χ0) is 54.1. The van der Waals surface area contributed by atoms with E-state index in [2.05, 4.69) is 274 Å². The highest BCUT2D eigenvalue weighted by molar-refractivity contribution is 6.10. The Morgan fingerprint density at radius 1 is 0.232 bits per heavy atom. The minimum absolute atomic E-state index is 0.789. The van der Waals surface area contributed by atoms with Crippen LogP contribution in [0.25, 0.3) is 110 Å². The molecule has 0 bridgehead atoms. The first-order chi connectivity index (χ1) is 40.6. The predicted octanol–water partition coefficient (Wildman–Crippen LogP) is 19.2. The first kappa shape index (κ1) is 46.8. The van der Waals surface area contributed by atoms with Gasteiger partial charge in [0, 0.05) is 77.6 Å². The van der Waals surface area contributed by atoms with Crippen molar-refractivity contribution in [3.05, 3.63) is 291 Å². The zero-order valence-corrected chi connectivity index (χ0v) is 44.3. The van der Waals surface area contributed by atoms with Gasteiger partial charge in [0.2, 0.25) is 0 Å². The molecule has 0 radical (unpaired) electrons. The van der Waals surface area contributed by atoms with E-state index in [4.69, 9.17) is 19.9 Å². The molecule has 8 nitrogen and oxygen atoms in total. The molecule has 0 atom stereocenters. The van der Waals surface area contributed by atoms with Gasteiger partial charge in [0.05, 0.1) is 55.5 Å². The van der Waals surface area contributed by atoms with Crippen molar-refractivity contribution < 1.29 is 0 Å². The number of benzene rings is 11. The van der Waals surface area contributed by atoms with Crippen LogP contribution in [0.1, 0.15) is 0 Å². The Morgan fingerprint density at radius 2 is 0.524 bits per heavy atom. The van der Waals surface area contributed by atoms with E-state index in [9.17, 15) is 0 Å². The van der Waals surface area contributed by atoms with E-state index in [-0.39, 0.29) is 0 Å². The molecule has 0 saturated heterocycles. The maximum atomic E-state index is 5.36. The number of rotatable bonds is 10. The van der Waals surface area contributed by atoms with Gasteiger partial charge in [0.15, 0.2) is 0 Å². The fourth-order valence-electron chi connectivity index (χ4n) is 12.0. The Hall–Kier alpha value is -11.2. The minimum atomic E-state index is 0.789. The highest BCUT2D eigenvalue weighted by Crippen LogP contribution is 2.42. The van der Waals surface area contributed by atoms with Crippen molar-refractivity contribution in [1.82, 2.24) is 29.1 Å². The van der Waals surface area contributed by atoms with E-state index in [1.54, 1.807) is 0 Å². The predicted molar refractivity (Wildman–Crippen MR) is 339 cm³/mol. The molecular weight excluding hydrogens is 1000 g/mol. The summed E-state index contributed by atoms with van der Waals surface area (Å²) in [5.74, 6) is 1.63. The minimum Gasteiger partial charge on any atom is -0.309 e. The van der Waals surface area contributed by atoms with Gasteiger partial charge in [-0.3, -0.25) is 9.80 Å². The maximum absolute atomic E-state index is 5.36.